The molecule has 1 aliphatic carbocycles. The summed E-state index contributed by atoms with van der Waals surface area (Å²) in [6, 6.07) is 6.92. The number of fused-ring (bicyclic) bond motifs is 1. The first kappa shape index (κ1) is 13.1. The molecule has 4 nitrogen and oxygen atoms in total. The lowest BCUT2D eigenvalue weighted by molar-refractivity contribution is -0.139. The van der Waals surface area contributed by atoms with Gasteiger partial charge >= 0.3 is 0 Å². The van der Waals surface area contributed by atoms with E-state index in [0.717, 1.165) is 11.1 Å². The number of carbonyl (C=O) groups excluding carboxylic acids is 3. The van der Waals surface area contributed by atoms with Crippen molar-refractivity contribution in [2.75, 3.05) is 0 Å². The molecule has 1 aromatic rings. The van der Waals surface area contributed by atoms with Gasteiger partial charge in [0.25, 0.3) is 0 Å². The molecule has 102 valence electrons. The zero-order chi connectivity index (χ0) is 14.3. The monoisotopic (exact) mass is 287 g/mol. The fraction of sp³-hybridized carbons (Fsp3) is 0.333. The quantitative estimate of drug-likeness (QED) is 0.579. The van der Waals surface area contributed by atoms with E-state index in [2.05, 4.69) is 0 Å². The molecular weight excluding hydrogens is 274 g/mol. The average Bonchev–Trinajstić information content (AvgIpc) is 2.41. The molecular formula is C15H13NO3S. The maximum Gasteiger partial charge on any atom is 0.232 e. The highest BCUT2D eigenvalue weighted by atomic mass is 32.1. The number of benzene rings is 1. The Labute approximate surface area is 121 Å². The zero-order valence-electron chi connectivity index (χ0n) is 10.8. The third-order valence-corrected chi connectivity index (χ3v) is 4.24. The highest BCUT2D eigenvalue weighted by Gasteiger charge is 2.39. The topological polar surface area (TPSA) is 54.5 Å². The normalized spacial score (nSPS) is 23.0. The van der Waals surface area contributed by atoms with E-state index in [-0.39, 0.29) is 30.3 Å². The van der Waals surface area contributed by atoms with E-state index in [1.807, 2.05) is 24.3 Å². The van der Waals surface area contributed by atoms with Crippen LogP contribution in [0.1, 0.15) is 30.4 Å². The molecule has 0 radical (unpaired) electrons. The first-order valence-electron chi connectivity index (χ1n) is 6.56. The second-order valence-electron chi connectivity index (χ2n) is 5.14. The minimum Gasteiger partial charge on any atom is -0.299 e. The SMILES string of the molecule is O=C1CCC(N2C(=O)Cc3ccccc3C2=S)C(=O)C1. The summed E-state index contributed by atoms with van der Waals surface area (Å²) >= 11 is 5.39. The van der Waals surface area contributed by atoms with E-state index < -0.39 is 6.04 Å². The fourth-order valence-electron chi connectivity index (χ4n) is 2.82. The van der Waals surface area contributed by atoms with Crippen molar-refractivity contribution in [1.82, 2.24) is 4.90 Å². The molecule has 0 saturated heterocycles. The summed E-state index contributed by atoms with van der Waals surface area (Å²) in [7, 11) is 0. The number of rotatable bonds is 1. The second-order valence-corrected chi connectivity index (χ2v) is 5.53. The summed E-state index contributed by atoms with van der Waals surface area (Å²) in [6.07, 6.45) is 0.892. The molecule has 1 saturated carbocycles. The average molecular weight is 287 g/mol. The number of carbonyl (C=O) groups is 3. The van der Waals surface area contributed by atoms with Gasteiger partial charge in [0.05, 0.1) is 18.9 Å². The molecule has 1 heterocycles. The van der Waals surface area contributed by atoms with E-state index in [0.29, 0.717) is 17.8 Å². The van der Waals surface area contributed by atoms with Crippen LogP contribution in [-0.4, -0.2) is 33.4 Å². The molecule has 1 fully saturated rings. The fourth-order valence-corrected chi connectivity index (χ4v) is 3.25. The lowest BCUT2D eigenvalue weighted by Crippen LogP contribution is -2.53. The van der Waals surface area contributed by atoms with Gasteiger partial charge in [-0.3, -0.25) is 19.3 Å². The molecule has 2 aliphatic rings. The molecule has 0 N–H and O–H groups in total. The molecule has 1 aromatic carbocycles. The minimum atomic E-state index is -0.568. The van der Waals surface area contributed by atoms with Gasteiger partial charge in [0.15, 0.2) is 5.78 Å². The molecule has 1 amide bonds. The van der Waals surface area contributed by atoms with Crippen molar-refractivity contribution < 1.29 is 14.4 Å². The van der Waals surface area contributed by atoms with E-state index >= 15 is 0 Å². The molecule has 0 bridgehead atoms. The number of thiocarbonyl (C=S) groups is 1. The summed E-state index contributed by atoms with van der Waals surface area (Å²) in [4.78, 5) is 37.5. The van der Waals surface area contributed by atoms with Gasteiger partial charge in [-0.05, 0) is 12.0 Å². The number of hydrogen-bond acceptors (Lipinski definition) is 4. The van der Waals surface area contributed by atoms with E-state index in [1.54, 1.807) is 0 Å². The van der Waals surface area contributed by atoms with Gasteiger partial charge in [-0.1, -0.05) is 36.5 Å². The molecule has 0 aromatic heterocycles. The maximum absolute atomic E-state index is 12.3. The smallest absolute Gasteiger partial charge is 0.232 e. The van der Waals surface area contributed by atoms with Crippen LogP contribution in [0.25, 0.3) is 0 Å². The summed E-state index contributed by atoms with van der Waals surface area (Å²) < 4.78 is 0. The molecule has 20 heavy (non-hydrogen) atoms. The third-order valence-electron chi connectivity index (χ3n) is 3.83. The Bertz CT molecular complexity index is 638. The van der Waals surface area contributed by atoms with Crippen LogP contribution < -0.4 is 0 Å². The van der Waals surface area contributed by atoms with Crippen LogP contribution in [-0.2, 0) is 20.8 Å². The van der Waals surface area contributed by atoms with Crippen molar-refractivity contribution in [3.05, 3.63) is 35.4 Å². The van der Waals surface area contributed by atoms with Crippen LogP contribution in [0, 0.1) is 0 Å². The number of Topliss-reactive ketones (excluding diaryl/α,β-unsaturated/α-hetero) is 2. The lowest BCUT2D eigenvalue weighted by Gasteiger charge is -2.36. The van der Waals surface area contributed by atoms with Crippen LogP contribution in [0.15, 0.2) is 24.3 Å². The lowest BCUT2D eigenvalue weighted by atomic mass is 9.89. The summed E-state index contributed by atoms with van der Waals surface area (Å²) in [5, 5.41) is 0. The Kier molecular flexibility index (Phi) is 3.22. The third kappa shape index (κ3) is 2.08. The molecule has 1 unspecified atom stereocenters. The van der Waals surface area contributed by atoms with Crippen LogP contribution >= 0.6 is 12.2 Å². The van der Waals surface area contributed by atoms with Gasteiger partial charge < -0.3 is 0 Å². The largest absolute Gasteiger partial charge is 0.299 e. The number of nitrogens with zero attached hydrogens (tertiary/aromatic N) is 1. The van der Waals surface area contributed by atoms with Crippen molar-refractivity contribution in [2.45, 2.75) is 31.7 Å². The van der Waals surface area contributed by atoms with Crippen LogP contribution in [0.2, 0.25) is 0 Å². The maximum atomic E-state index is 12.3. The van der Waals surface area contributed by atoms with Crippen molar-refractivity contribution in [3.8, 4) is 0 Å². The van der Waals surface area contributed by atoms with Gasteiger partial charge in [0.1, 0.15) is 10.8 Å². The summed E-state index contributed by atoms with van der Waals surface area (Å²) in [5.74, 6) is -0.403. The van der Waals surface area contributed by atoms with E-state index in [9.17, 15) is 14.4 Å². The molecule has 1 aliphatic heterocycles. The predicted octanol–water partition coefficient (Wildman–Crippen LogP) is 1.44. The molecule has 5 heteroatoms. The van der Waals surface area contributed by atoms with Crippen LogP contribution in [0.5, 0.6) is 0 Å². The minimum absolute atomic E-state index is 0.0537. The molecule has 1 atom stereocenters. The van der Waals surface area contributed by atoms with Gasteiger partial charge in [-0.2, -0.15) is 0 Å². The number of ketones is 2. The predicted molar refractivity (Wildman–Crippen MR) is 76.3 cm³/mol. The van der Waals surface area contributed by atoms with Crippen LogP contribution in [0.3, 0.4) is 0 Å². The highest BCUT2D eigenvalue weighted by molar-refractivity contribution is 7.80. The standard InChI is InChI=1S/C15H13NO3S/c17-10-5-6-12(13(18)8-10)16-14(19)7-9-3-1-2-4-11(9)15(16)20/h1-4,12H,5-8H2. The van der Waals surface area contributed by atoms with Crippen molar-refractivity contribution in [3.63, 3.8) is 0 Å². The number of hydrogen-bond donors (Lipinski definition) is 0. The van der Waals surface area contributed by atoms with Crippen molar-refractivity contribution >= 4 is 34.7 Å². The zero-order valence-corrected chi connectivity index (χ0v) is 11.6. The Morgan fingerprint density at radius 2 is 1.85 bits per heavy atom. The molecule has 3 rings (SSSR count). The highest BCUT2D eigenvalue weighted by Crippen LogP contribution is 2.26. The van der Waals surface area contributed by atoms with E-state index in [4.69, 9.17) is 12.2 Å². The summed E-state index contributed by atoms with van der Waals surface area (Å²) in [6.45, 7) is 0. The Hall–Kier alpha value is -1.88. The first-order chi connectivity index (χ1) is 9.58. The number of amides is 1. The van der Waals surface area contributed by atoms with Gasteiger partial charge in [-0.15, -0.1) is 0 Å². The van der Waals surface area contributed by atoms with Crippen molar-refractivity contribution in [2.24, 2.45) is 0 Å². The van der Waals surface area contributed by atoms with Crippen molar-refractivity contribution in [1.29, 1.82) is 0 Å². The van der Waals surface area contributed by atoms with Crippen LogP contribution in [0.4, 0.5) is 0 Å². The van der Waals surface area contributed by atoms with Gasteiger partial charge in [0.2, 0.25) is 5.91 Å². The van der Waals surface area contributed by atoms with Gasteiger partial charge in [-0.25, -0.2) is 0 Å². The Balaban J connectivity index is 1.95. The first-order valence-corrected chi connectivity index (χ1v) is 6.97. The second kappa shape index (κ2) is 4.90. The summed E-state index contributed by atoms with van der Waals surface area (Å²) in [5.41, 5.74) is 1.74. The van der Waals surface area contributed by atoms with Gasteiger partial charge in [0, 0.05) is 12.0 Å². The van der Waals surface area contributed by atoms with E-state index in [1.165, 1.54) is 4.90 Å². The Morgan fingerprint density at radius 1 is 1.10 bits per heavy atom. The Morgan fingerprint density at radius 3 is 2.60 bits per heavy atom. The molecule has 0 spiro atoms.